The maximum Gasteiger partial charge on any atom is 0.251 e. The molecule has 0 saturated heterocycles. The largest absolute Gasteiger partial charge is 0.348 e. The summed E-state index contributed by atoms with van der Waals surface area (Å²) in [5.74, 6) is -0.525. The van der Waals surface area contributed by atoms with Crippen molar-refractivity contribution < 1.29 is 9.59 Å². The topological polar surface area (TPSA) is 76.0 Å². The molecule has 32 heavy (non-hydrogen) atoms. The zero-order valence-electron chi connectivity index (χ0n) is 17.7. The fourth-order valence-electron chi connectivity index (χ4n) is 3.43. The van der Waals surface area contributed by atoms with E-state index in [-0.39, 0.29) is 24.4 Å². The molecule has 0 radical (unpaired) electrons. The van der Waals surface area contributed by atoms with Crippen molar-refractivity contribution in [3.63, 3.8) is 0 Å². The van der Waals surface area contributed by atoms with Gasteiger partial charge in [-0.25, -0.2) is 4.98 Å². The molecule has 6 heteroatoms. The molecule has 4 aromatic rings. The minimum Gasteiger partial charge on any atom is -0.348 e. The molecule has 2 amide bonds. The average Bonchev–Trinajstić information content (AvgIpc) is 3.38. The number of hydrogen-bond donors (Lipinski definition) is 2. The third-order valence-corrected chi connectivity index (χ3v) is 5.24. The summed E-state index contributed by atoms with van der Waals surface area (Å²) in [6.45, 7) is 1.82. The van der Waals surface area contributed by atoms with E-state index in [1.165, 1.54) is 0 Å². The van der Waals surface area contributed by atoms with Gasteiger partial charge in [0, 0.05) is 23.6 Å². The van der Waals surface area contributed by atoms with Crippen molar-refractivity contribution >= 4 is 11.8 Å². The van der Waals surface area contributed by atoms with Gasteiger partial charge in [0.05, 0.1) is 18.9 Å². The number of carbonyl (C=O) groups excluding carboxylic acids is 2. The second-order valence-electron chi connectivity index (χ2n) is 7.48. The molecule has 0 bridgehead atoms. The first kappa shape index (κ1) is 21.1. The Balaban J connectivity index is 1.28. The average molecular weight is 425 g/mol. The lowest BCUT2D eigenvalue weighted by atomic mass is 10.0. The Bertz CT molecular complexity index is 1170. The number of benzene rings is 3. The Kier molecular flexibility index (Phi) is 6.41. The van der Waals surface area contributed by atoms with E-state index < -0.39 is 0 Å². The number of nitrogens with zero attached hydrogens (tertiary/aromatic N) is 2. The van der Waals surface area contributed by atoms with Gasteiger partial charge in [0.25, 0.3) is 5.91 Å². The fourth-order valence-corrected chi connectivity index (χ4v) is 3.43. The molecule has 1 aromatic heterocycles. The molecule has 3 aromatic carbocycles. The van der Waals surface area contributed by atoms with E-state index in [4.69, 9.17) is 0 Å². The van der Waals surface area contributed by atoms with Gasteiger partial charge in [-0.05, 0) is 47.9 Å². The van der Waals surface area contributed by atoms with E-state index in [9.17, 15) is 9.59 Å². The first-order chi connectivity index (χ1) is 15.6. The predicted octanol–water partition coefficient (Wildman–Crippen LogP) is 4.15. The molecule has 0 aliphatic carbocycles. The summed E-state index contributed by atoms with van der Waals surface area (Å²) in [4.78, 5) is 28.8. The van der Waals surface area contributed by atoms with Gasteiger partial charge in [-0.2, -0.15) is 0 Å². The summed E-state index contributed by atoms with van der Waals surface area (Å²) in [5.41, 5.74) is 4.61. The minimum atomic E-state index is -0.280. The van der Waals surface area contributed by atoms with Crippen LogP contribution in [0, 0.1) is 0 Å². The molecule has 0 aliphatic rings. The van der Waals surface area contributed by atoms with Crippen LogP contribution in [-0.4, -0.2) is 27.9 Å². The van der Waals surface area contributed by atoms with E-state index in [1.807, 2.05) is 84.4 Å². The van der Waals surface area contributed by atoms with Crippen molar-refractivity contribution in [2.45, 2.75) is 13.0 Å². The zero-order chi connectivity index (χ0) is 22.3. The van der Waals surface area contributed by atoms with Crippen LogP contribution in [0.4, 0.5) is 0 Å². The van der Waals surface area contributed by atoms with Crippen molar-refractivity contribution in [1.29, 1.82) is 0 Å². The Morgan fingerprint density at radius 1 is 0.906 bits per heavy atom. The number of carbonyl (C=O) groups is 2. The first-order valence-electron chi connectivity index (χ1n) is 10.4. The Morgan fingerprint density at radius 3 is 2.25 bits per heavy atom. The smallest absolute Gasteiger partial charge is 0.251 e. The van der Waals surface area contributed by atoms with Crippen LogP contribution in [0.15, 0.2) is 97.6 Å². The molecule has 4 rings (SSSR count). The Hall–Kier alpha value is -4.19. The number of aromatic nitrogens is 2. The molecule has 0 aliphatic heterocycles. The van der Waals surface area contributed by atoms with Gasteiger partial charge in [-0.1, -0.05) is 54.6 Å². The Labute approximate surface area is 186 Å². The van der Waals surface area contributed by atoms with Crippen molar-refractivity contribution in [3.05, 3.63) is 109 Å². The molecular formula is C26H24N4O2. The van der Waals surface area contributed by atoms with Gasteiger partial charge in [0.1, 0.15) is 0 Å². The summed E-state index contributed by atoms with van der Waals surface area (Å²) in [6.07, 6.45) is 5.33. The SMILES string of the molecule is C[C@H](NC(=O)CNC(=O)c1ccc(-c2ccccc2)cc1)c1ccc(-n2ccnc2)cc1. The first-order valence-corrected chi connectivity index (χ1v) is 10.4. The van der Waals surface area contributed by atoms with E-state index in [1.54, 1.807) is 24.7 Å². The van der Waals surface area contributed by atoms with E-state index >= 15 is 0 Å². The van der Waals surface area contributed by atoms with Crippen molar-refractivity contribution in [3.8, 4) is 16.8 Å². The van der Waals surface area contributed by atoms with Crippen LogP contribution in [0.3, 0.4) is 0 Å². The zero-order valence-corrected chi connectivity index (χ0v) is 17.7. The quantitative estimate of drug-likeness (QED) is 0.468. The molecule has 0 spiro atoms. The highest BCUT2D eigenvalue weighted by molar-refractivity contribution is 5.96. The van der Waals surface area contributed by atoms with Crippen LogP contribution in [0.1, 0.15) is 28.9 Å². The molecular weight excluding hydrogens is 400 g/mol. The lowest BCUT2D eigenvalue weighted by Crippen LogP contribution is -2.38. The third-order valence-electron chi connectivity index (χ3n) is 5.24. The number of hydrogen-bond acceptors (Lipinski definition) is 3. The van der Waals surface area contributed by atoms with Gasteiger partial charge in [-0.3, -0.25) is 9.59 Å². The summed E-state index contributed by atoms with van der Waals surface area (Å²) in [5, 5.41) is 5.60. The van der Waals surface area contributed by atoms with Gasteiger partial charge in [-0.15, -0.1) is 0 Å². The van der Waals surface area contributed by atoms with E-state index in [0.717, 1.165) is 22.4 Å². The van der Waals surface area contributed by atoms with Gasteiger partial charge in [0.2, 0.25) is 5.91 Å². The van der Waals surface area contributed by atoms with E-state index in [0.29, 0.717) is 5.56 Å². The third kappa shape index (κ3) is 5.10. The molecule has 160 valence electrons. The molecule has 2 N–H and O–H groups in total. The number of rotatable bonds is 7. The van der Waals surface area contributed by atoms with Gasteiger partial charge >= 0.3 is 0 Å². The lowest BCUT2D eigenvalue weighted by molar-refractivity contribution is -0.120. The fraction of sp³-hybridized carbons (Fsp3) is 0.115. The maximum atomic E-state index is 12.4. The molecule has 1 heterocycles. The van der Waals surface area contributed by atoms with Gasteiger partial charge in [0.15, 0.2) is 0 Å². The normalized spacial score (nSPS) is 11.5. The van der Waals surface area contributed by atoms with Crippen LogP contribution in [0.5, 0.6) is 0 Å². The highest BCUT2D eigenvalue weighted by Gasteiger charge is 2.12. The molecule has 1 atom stereocenters. The van der Waals surface area contributed by atoms with Crippen molar-refractivity contribution in [2.24, 2.45) is 0 Å². The predicted molar refractivity (Wildman–Crippen MR) is 124 cm³/mol. The number of nitrogens with one attached hydrogen (secondary N) is 2. The summed E-state index contributed by atoms with van der Waals surface area (Å²) in [6, 6.07) is 25.0. The number of amides is 2. The summed E-state index contributed by atoms with van der Waals surface area (Å²) >= 11 is 0. The van der Waals surface area contributed by atoms with Gasteiger partial charge < -0.3 is 15.2 Å². The van der Waals surface area contributed by atoms with Crippen LogP contribution < -0.4 is 10.6 Å². The van der Waals surface area contributed by atoms with Crippen LogP contribution in [-0.2, 0) is 4.79 Å². The molecule has 0 fully saturated rings. The summed E-state index contributed by atoms with van der Waals surface area (Å²) < 4.78 is 1.91. The molecule has 0 unspecified atom stereocenters. The summed E-state index contributed by atoms with van der Waals surface area (Å²) in [7, 11) is 0. The van der Waals surface area contributed by atoms with Crippen LogP contribution >= 0.6 is 0 Å². The molecule has 6 nitrogen and oxygen atoms in total. The lowest BCUT2D eigenvalue weighted by Gasteiger charge is -2.15. The monoisotopic (exact) mass is 424 g/mol. The minimum absolute atomic E-state index is 0.0866. The second-order valence-corrected chi connectivity index (χ2v) is 7.48. The van der Waals surface area contributed by atoms with Crippen LogP contribution in [0.2, 0.25) is 0 Å². The Morgan fingerprint density at radius 2 is 1.59 bits per heavy atom. The maximum absolute atomic E-state index is 12.4. The molecule has 0 saturated carbocycles. The van der Waals surface area contributed by atoms with Crippen LogP contribution in [0.25, 0.3) is 16.8 Å². The van der Waals surface area contributed by atoms with Crippen molar-refractivity contribution in [2.75, 3.05) is 6.54 Å². The van der Waals surface area contributed by atoms with E-state index in [2.05, 4.69) is 15.6 Å². The highest BCUT2D eigenvalue weighted by Crippen LogP contribution is 2.19. The standard InChI is InChI=1S/C26H24N4O2/c1-19(20-11-13-24(14-12-20)30-16-15-27-18-30)29-25(31)17-28-26(32)23-9-7-22(8-10-23)21-5-3-2-4-6-21/h2-16,18-19H,17H2,1H3,(H,28,32)(H,29,31)/t19-/m0/s1. The number of imidazole rings is 1. The highest BCUT2D eigenvalue weighted by atomic mass is 16.2. The second kappa shape index (κ2) is 9.75. The van der Waals surface area contributed by atoms with Crippen molar-refractivity contribution in [1.82, 2.24) is 20.2 Å².